The molecule has 1 heterocycles. The molecule has 1 N–H and O–H groups in total. The molecule has 0 fully saturated rings. The van der Waals surface area contributed by atoms with Crippen LogP contribution in [0.5, 0.6) is 5.75 Å². The average Bonchev–Trinajstić information content (AvgIpc) is 2.95. The van der Waals surface area contributed by atoms with Crippen LogP contribution >= 0.6 is 11.3 Å². The number of anilines is 1. The molecule has 0 radical (unpaired) electrons. The van der Waals surface area contributed by atoms with E-state index in [1.807, 2.05) is 0 Å². The number of esters is 1. The maximum Gasteiger partial charge on any atom is 0.316 e. The van der Waals surface area contributed by atoms with Crippen molar-refractivity contribution in [2.24, 2.45) is 5.41 Å². The molecule has 0 saturated heterocycles. The summed E-state index contributed by atoms with van der Waals surface area (Å²) in [5.41, 5.74) is -0.570. The van der Waals surface area contributed by atoms with E-state index < -0.39 is 27.1 Å². The SMILES string of the molecule is CC(C)(C)C(=O)Oc1ccccc1C(=O)Nc1ncc(S(C)(=O)=O)s1. The summed E-state index contributed by atoms with van der Waals surface area (Å²) >= 11 is 0.848. The third kappa shape index (κ3) is 4.86. The van der Waals surface area contributed by atoms with Crippen LogP contribution in [-0.4, -0.2) is 31.5 Å². The van der Waals surface area contributed by atoms with Gasteiger partial charge in [-0.25, -0.2) is 13.4 Å². The van der Waals surface area contributed by atoms with Crippen molar-refractivity contribution in [1.29, 1.82) is 0 Å². The fraction of sp³-hybridized carbons (Fsp3) is 0.312. The van der Waals surface area contributed by atoms with E-state index in [2.05, 4.69) is 10.3 Å². The molecule has 134 valence electrons. The van der Waals surface area contributed by atoms with E-state index in [-0.39, 0.29) is 20.7 Å². The summed E-state index contributed by atoms with van der Waals surface area (Å²) in [5.74, 6) is -0.895. The lowest BCUT2D eigenvalue weighted by atomic mass is 9.97. The number of benzene rings is 1. The van der Waals surface area contributed by atoms with Gasteiger partial charge in [0.2, 0.25) is 0 Å². The van der Waals surface area contributed by atoms with E-state index in [1.165, 1.54) is 18.3 Å². The molecule has 9 heteroatoms. The number of rotatable bonds is 4. The number of sulfone groups is 1. The van der Waals surface area contributed by atoms with Gasteiger partial charge in [0.1, 0.15) is 9.96 Å². The van der Waals surface area contributed by atoms with Crippen LogP contribution in [0.1, 0.15) is 31.1 Å². The largest absolute Gasteiger partial charge is 0.425 e. The van der Waals surface area contributed by atoms with Gasteiger partial charge in [0.25, 0.3) is 5.91 Å². The number of thiazole rings is 1. The molecule has 1 aromatic heterocycles. The molecule has 7 nitrogen and oxygen atoms in total. The second-order valence-electron chi connectivity index (χ2n) is 6.35. The minimum absolute atomic E-state index is 0.0512. The zero-order valence-electron chi connectivity index (χ0n) is 14.2. The zero-order valence-corrected chi connectivity index (χ0v) is 15.8. The summed E-state index contributed by atoms with van der Waals surface area (Å²) in [6.45, 7) is 5.13. The van der Waals surface area contributed by atoms with Gasteiger partial charge in [0.05, 0.1) is 17.2 Å². The Bertz CT molecular complexity index is 911. The van der Waals surface area contributed by atoms with Gasteiger partial charge in [-0.3, -0.25) is 14.9 Å². The monoisotopic (exact) mass is 382 g/mol. The van der Waals surface area contributed by atoms with Gasteiger partial charge >= 0.3 is 5.97 Å². The third-order valence-electron chi connectivity index (χ3n) is 3.02. The Hall–Kier alpha value is -2.26. The summed E-state index contributed by atoms with van der Waals surface area (Å²) in [6.07, 6.45) is 2.24. The Kier molecular flexibility index (Phi) is 5.28. The highest BCUT2D eigenvalue weighted by Gasteiger charge is 2.25. The minimum Gasteiger partial charge on any atom is -0.425 e. The van der Waals surface area contributed by atoms with Crippen LogP contribution in [0, 0.1) is 5.41 Å². The normalized spacial score (nSPS) is 11.8. The molecule has 0 aliphatic heterocycles. The molecule has 1 aromatic carbocycles. The maximum absolute atomic E-state index is 12.4. The van der Waals surface area contributed by atoms with Crippen LogP contribution in [0.15, 0.2) is 34.7 Å². The highest BCUT2D eigenvalue weighted by atomic mass is 32.2. The number of carbonyl (C=O) groups is 2. The van der Waals surface area contributed by atoms with Crippen LogP contribution in [0.2, 0.25) is 0 Å². The van der Waals surface area contributed by atoms with Gasteiger partial charge in [-0.2, -0.15) is 0 Å². The first-order valence-electron chi connectivity index (χ1n) is 7.27. The molecular formula is C16H18N2O5S2. The number of para-hydroxylation sites is 1. The lowest BCUT2D eigenvalue weighted by molar-refractivity contribution is -0.143. The Morgan fingerprint density at radius 3 is 2.40 bits per heavy atom. The Labute approximate surface area is 150 Å². The van der Waals surface area contributed by atoms with Gasteiger partial charge < -0.3 is 4.74 Å². The number of aromatic nitrogens is 1. The highest BCUT2D eigenvalue weighted by molar-refractivity contribution is 7.92. The summed E-state index contributed by atoms with van der Waals surface area (Å²) in [7, 11) is -3.39. The van der Waals surface area contributed by atoms with E-state index in [9.17, 15) is 18.0 Å². The van der Waals surface area contributed by atoms with Crippen LogP contribution in [-0.2, 0) is 14.6 Å². The summed E-state index contributed by atoms with van der Waals surface area (Å²) in [4.78, 5) is 28.4. The zero-order chi connectivity index (χ0) is 18.8. The molecule has 25 heavy (non-hydrogen) atoms. The van der Waals surface area contributed by atoms with Crippen LogP contribution < -0.4 is 10.1 Å². The molecule has 0 bridgehead atoms. The van der Waals surface area contributed by atoms with Gasteiger partial charge in [-0.05, 0) is 32.9 Å². The first-order chi connectivity index (χ1) is 11.5. The lowest BCUT2D eigenvalue weighted by Crippen LogP contribution is -2.26. The number of amides is 1. The van der Waals surface area contributed by atoms with Crippen molar-refractivity contribution in [3.8, 4) is 5.75 Å². The summed E-state index contributed by atoms with van der Waals surface area (Å²) in [6, 6.07) is 6.30. The van der Waals surface area contributed by atoms with Crippen molar-refractivity contribution < 1.29 is 22.7 Å². The quantitative estimate of drug-likeness (QED) is 0.644. The smallest absolute Gasteiger partial charge is 0.316 e. The molecule has 2 aromatic rings. The Morgan fingerprint density at radius 1 is 1.20 bits per heavy atom. The number of hydrogen-bond acceptors (Lipinski definition) is 7. The van der Waals surface area contributed by atoms with Gasteiger partial charge in [0, 0.05) is 6.26 Å². The van der Waals surface area contributed by atoms with Gasteiger partial charge in [-0.1, -0.05) is 23.5 Å². The fourth-order valence-electron chi connectivity index (χ4n) is 1.65. The predicted molar refractivity (Wildman–Crippen MR) is 94.7 cm³/mol. The van der Waals surface area contributed by atoms with Crippen molar-refractivity contribution in [1.82, 2.24) is 4.98 Å². The van der Waals surface area contributed by atoms with Crippen molar-refractivity contribution in [3.63, 3.8) is 0 Å². The van der Waals surface area contributed by atoms with Crippen LogP contribution in [0.25, 0.3) is 0 Å². The van der Waals surface area contributed by atoms with E-state index in [4.69, 9.17) is 4.74 Å². The van der Waals surface area contributed by atoms with E-state index in [0.717, 1.165) is 17.6 Å². The molecule has 0 spiro atoms. The molecule has 1 amide bonds. The van der Waals surface area contributed by atoms with Crippen LogP contribution in [0.3, 0.4) is 0 Å². The number of carbonyl (C=O) groups excluding carboxylic acids is 2. The molecule has 0 unspecified atom stereocenters. The second kappa shape index (κ2) is 6.93. The molecule has 0 saturated carbocycles. The number of nitrogens with one attached hydrogen (secondary N) is 1. The Morgan fingerprint density at radius 2 is 1.84 bits per heavy atom. The average molecular weight is 382 g/mol. The summed E-state index contributed by atoms with van der Waals surface area (Å²) < 4.78 is 28.3. The topological polar surface area (TPSA) is 102 Å². The minimum atomic E-state index is -3.39. The first-order valence-corrected chi connectivity index (χ1v) is 9.98. The van der Waals surface area contributed by atoms with Crippen molar-refractivity contribution in [2.45, 2.75) is 25.0 Å². The standard InChI is InChI=1S/C16H18N2O5S2/c1-16(2,3)14(20)23-11-8-6-5-7-10(11)13(19)18-15-17-9-12(24-15)25(4,21)22/h5-9H,1-4H3,(H,17,18,19). The van der Waals surface area contributed by atoms with E-state index in [0.29, 0.717) is 0 Å². The predicted octanol–water partition coefficient (Wildman–Crippen LogP) is 2.75. The van der Waals surface area contributed by atoms with Crippen molar-refractivity contribution >= 4 is 38.2 Å². The Balaban J connectivity index is 2.23. The number of hydrogen-bond donors (Lipinski definition) is 1. The van der Waals surface area contributed by atoms with E-state index in [1.54, 1.807) is 32.9 Å². The molecule has 0 aliphatic rings. The molecule has 0 aliphatic carbocycles. The second-order valence-corrected chi connectivity index (χ2v) is 9.62. The fourth-order valence-corrected chi connectivity index (χ4v) is 3.28. The number of ether oxygens (including phenoxy) is 1. The van der Waals surface area contributed by atoms with Crippen molar-refractivity contribution in [2.75, 3.05) is 11.6 Å². The van der Waals surface area contributed by atoms with Gasteiger partial charge in [0.15, 0.2) is 15.0 Å². The molecule has 2 rings (SSSR count). The number of nitrogens with zero attached hydrogens (tertiary/aromatic N) is 1. The first kappa shape index (κ1) is 19.1. The van der Waals surface area contributed by atoms with Gasteiger partial charge in [-0.15, -0.1) is 0 Å². The molecular weight excluding hydrogens is 364 g/mol. The lowest BCUT2D eigenvalue weighted by Gasteiger charge is -2.17. The van der Waals surface area contributed by atoms with E-state index >= 15 is 0 Å². The third-order valence-corrected chi connectivity index (χ3v) is 5.72. The molecule has 0 atom stereocenters. The highest BCUT2D eigenvalue weighted by Crippen LogP contribution is 2.26. The van der Waals surface area contributed by atoms with Crippen molar-refractivity contribution in [3.05, 3.63) is 36.0 Å². The summed E-state index contributed by atoms with van der Waals surface area (Å²) in [5, 5.41) is 2.66. The maximum atomic E-state index is 12.4. The van der Waals surface area contributed by atoms with Crippen LogP contribution in [0.4, 0.5) is 5.13 Å².